The van der Waals surface area contributed by atoms with Gasteiger partial charge in [-0.2, -0.15) is 0 Å². The highest BCUT2D eigenvalue weighted by Crippen LogP contribution is 2.38. The third-order valence-electron chi connectivity index (χ3n) is 4.24. The topological polar surface area (TPSA) is 15.3 Å². The number of rotatable bonds is 3. The molecule has 0 fully saturated rings. The molecule has 3 heteroatoms. The van der Waals surface area contributed by atoms with Crippen LogP contribution in [0.4, 0.5) is 0 Å². The van der Waals surface area contributed by atoms with E-state index in [1.807, 2.05) is 24.4 Å². The molecule has 2 heterocycles. The van der Waals surface area contributed by atoms with Crippen LogP contribution in [0.2, 0.25) is 5.02 Å². The van der Waals surface area contributed by atoms with Crippen molar-refractivity contribution in [3.05, 3.63) is 95.5 Å². The van der Waals surface area contributed by atoms with E-state index in [0.29, 0.717) is 0 Å². The first-order valence-electron chi connectivity index (χ1n) is 7.27. The van der Waals surface area contributed by atoms with E-state index in [1.165, 1.54) is 16.7 Å². The summed E-state index contributed by atoms with van der Waals surface area (Å²) < 4.78 is 0. The summed E-state index contributed by atoms with van der Waals surface area (Å²) in [5, 5.41) is 3.96. The Kier molecular flexibility index (Phi) is 3.95. The van der Waals surface area contributed by atoms with Crippen LogP contribution in [0.25, 0.3) is 0 Å². The van der Waals surface area contributed by atoms with Gasteiger partial charge in [-0.15, -0.1) is 0 Å². The number of hydrogen-bond donors (Lipinski definition) is 1. The first-order valence-corrected chi connectivity index (χ1v) is 7.65. The summed E-state index contributed by atoms with van der Waals surface area (Å²) in [7, 11) is 0. The maximum absolute atomic E-state index is 6.18. The van der Waals surface area contributed by atoms with E-state index < -0.39 is 0 Å². The van der Waals surface area contributed by atoms with Crippen LogP contribution in [0.15, 0.2) is 79.3 Å². The van der Waals surface area contributed by atoms with Crippen molar-refractivity contribution in [1.29, 1.82) is 0 Å². The standard InChI is InChI=1S/C19H19ClN2/c1-4-13(2)22-11-15-10-16(20)7-8-18(15)19(12-22)17-6-5-9-21-14(17)3/h4-10,19,21H,1-3,11-12H2. The number of benzene rings is 1. The van der Waals surface area contributed by atoms with Crippen LogP contribution in [0, 0.1) is 0 Å². The van der Waals surface area contributed by atoms with E-state index in [-0.39, 0.29) is 5.92 Å². The largest absolute Gasteiger partial charge is 0.367 e. The van der Waals surface area contributed by atoms with Gasteiger partial charge in [0.1, 0.15) is 0 Å². The minimum Gasteiger partial charge on any atom is -0.367 e. The maximum atomic E-state index is 6.18. The molecule has 0 spiro atoms. The Balaban J connectivity index is 2.06. The van der Waals surface area contributed by atoms with Crippen molar-refractivity contribution in [3.8, 4) is 0 Å². The van der Waals surface area contributed by atoms with Crippen LogP contribution < -0.4 is 5.32 Å². The van der Waals surface area contributed by atoms with Crippen LogP contribution >= 0.6 is 11.6 Å². The van der Waals surface area contributed by atoms with Crippen molar-refractivity contribution in [3.63, 3.8) is 0 Å². The minimum absolute atomic E-state index is 0.239. The van der Waals surface area contributed by atoms with Gasteiger partial charge in [0.2, 0.25) is 0 Å². The van der Waals surface area contributed by atoms with Crippen molar-refractivity contribution in [2.45, 2.75) is 12.5 Å². The molecule has 1 atom stereocenters. The monoisotopic (exact) mass is 310 g/mol. The van der Waals surface area contributed by atoms with Gasteiger partial charge < -0.3 is 10.2 Å². The van der Waals surface area contributed by atoms with Crippen LogP contribution in [-0.2, 0) is 6.54 Å². The average Bonchev–Trinajstić information content (AvgIpc) is 2.53. The van der Waals surface area contributed by atoms with Crippen LogP contribution in [0.1, 0.15) is 17.0 Å². The van der Waals surface area contributed by atoms with E-state index in [9.17, 15) is 0 Å². The third kappa shape index (κ3) is 2.62. The highest BCUT2D eigenvalue weighted by atomic mass is 35.5. The van der Waals surface area contributed by atoms with Gasteiger partial charge in [0, 0.05) is 41.6 Å². The first kappa shape index (κ1) is 14.7. The normalized spacial score (nSPS) is 20.0. The third-order valence-corrected chi connectivity index (χ3v) is 4.47. The fraction of sp³-hybridized carbons (Fsp3) is 0.158. The van der Waals surface area contributed by atoms with Gasteiger partial charge >= 0.3 is 0 Å². The Morgan fingerprint density at radius 2 is 2.23 bits per heavy atom. The average molecular weight is 311 g/mol. The molecule has 1 aromatic carbocycles. The summed E-state index contributed by atoms with van der Waals surface area (Å²) in [5.41, 5.74) is 5.62. The summed E-state index contributed by atoms with van der Waals surface area (Å²) in [6.07, 6.45) is 7.84. The van der Waals surface area contributed by atoms with Crippen LogP contribution in [-0.4, -0.2) is 11.4 Å². The molecule has 22 heavy (non-hydrogen) atoms. The van der Waals surface area contributed by atoms with E-state index in [0.717, 1.165) is 29.5 Å². The predicted molar refractivity (Wildman–Crippen MR) is 93.4 cm³/mol. The van der Waals surface area contributed by atoms with Gasteiger partial charge in [0.15, 0.2) is 0 Å². The number of fused-ring (bicyclic) bond motifs is 1. The second-order valence-electron chi connectivity index (χ2n) is 5.58. The molecule has 0 aliphatic carbocycles. The van der Waals surface area contributed by atoms with Gasteiger partial charge in [-0.25, -0.2) is 0 Å². The summed E-state index contributed by atoms with van der Waals surface area (Å²) in [5.74, 6) is 0.239. The van der Waals surface area contributed by atoms with Crippen molar-refractivity contribution in [1.82, 2.24) is 10.2 Å². The van der Waals surface area contributed by atoms with Crippen molar-refractivity contribution >= 4 is 11.6 Å². The van der Waals surface area contributed by atoms with Gasteiger partial charge in [0.05, 0.1) is 0 Å². The molecule has 0 aromatic heterocycles. The molecule has 3 rings (SSSR count). The highest BCUT2D eigenvalue weighted by molar-refractivity contribution is 6.30. The zero-order chi connectivity index (χ0) is 15.7. The van der Waals surface area contributed by atoms with E-state index >= 15 is 0 Å². The lowest BCUT2D eigenvalue weighted by Crippen LogP contribution is -2.34. The van der Waals surface area contributed by atoms with E-state index in [1.54, 1.807) is 6.08 Å². The SMILES string of the molecule is C=CC(=C)N1Cc2cc(Cl)ccc2C(C2=CC=CNC2=C)C1. The van der Waals surface area contributed by atoms with Crippen LogP contribution in [0.3, 0.4) is 0 Å². The Hall–Kier alpha value is -2.19. The molecule has 112 valence electrons. The molecule has 1 unspecified atom stereocenters. The van der Waals surface area contributed by atoms with Crippen molar-refractivity contribution < 1.29 is 0 Å². The lowest BCUT2D eigenvalue weighted by molar-refractivity contribution is 0.313. The predicted octanol–water partition coefficient (Wildman–Crippen LogP) is 4.50. The molecule has 0 amide bonds. The van der Waals surface area contributed by atoms with Gasteiger partial charge in [0.25, 0.3) is 0 Å². The molecule has 0 bridgehead atoms. The van der Waals surface area contributed by atoms with Crippen LogP contribution in [0.5, 0.6) is 0 Å². The molecule has 1 N–H and O–H groups in total. The zero-order valence-corrected chi connectivity index (χ0v) is 13.2. The number of hydrogen-bond acceptors (Lipinski definition) is 2. The summed E-state index contributed by atoms with van der Waals surface area (Å²) in [4.78, 5) is 2.24. The number of nitrogens with zero attached hydrogens (tertiary/aromatic N) is 1. The summed E-state index contributed by atoms with van der Waals surface area (Å²) in [6.45, 7) is 13.7. The number of dihydropyridines is 1. The van der Waals surface area contributed by atoms with Crippen molar-refractivity contribution in [2.75, 3.05) is 6.54 Å². The Morgan fingerprint density at radius 3 is 2.95 bits per heavy atom. The molecule has 1 aromatic rings. The van der Waals surface area contributed by atoms with E-state index in [2.05, 4.69) is 42.1 Å². The van der Waals surface area contributed by atoms with Gasteiger partial charge in [-0.3, -0.25) is 0 Å². The lowest BCUT2D eigenvalue weighted by atomic mass is 9.82. The highest BCUT2D eigenvalue weighted by Gasteiger charge is 2.29. The van der Waals surface area contributed by atoms with Gasteiger partial charge in [-0.1, -0.05) is 43.5 Å². The maximum Gasteiger partial charge on any atom is 0.0433 e. The molecule has 0 saturated heterocycles. The molecular weight excluding hydrogens is 292 g/mol. The van der Waals surface area contributed by atoms with Gasteiger partial charge in [-0.05, 0) is 41.0 Å². The molecule has 0 radical (unpaired) electrons. The molecule has 0 saturated carbocycles. The summed E-state index contributed by atoms with van der Waals surface area (Å²) >= 11 is 6.18. The van der Waals surface area contributed by atoms with Crippen molar-refractivity contribution in [2.24, 2.45) is 0 Å². The number of nitrogens with one attached hydrogen (secondary N) is 1. The smallest absolute Gasteiger partial charge is 0.0433 e. The molecule has 2 aliphatic rings. The lowest BCUT2D eigenvalue weighted by Gasteiger charge is -2.38. The summed E-state index contributed by atoms with van der Waals surface area (Å²) in [6, 6.07) is 6.13. The quantitative estimate of drug-likeness (QED) is 0.827. The number of allylic oxidation sites excluding steroid dienone is 4. The zero-order valence-electron chi connectivity index (χ0n) is 12.5. The fourth-order valence-electron chi connectivity index (χ4n) is 3.06. The number of halogens is 1. The molecule has 2 nitrogen and oxygen atoms in total. The first-order chi connectivity index (χ1) is 10.6. The fourth-order valence-corrected chi connectivity index (χ4v) is 3.26. The van der Waals surface area contributed by atoms with E-state index in [4.69, 9.17) is 11.6 Å². The Bertz CT molecular complexity index is 712. The Morgan fingerprint density at radius 1 is 1.41 bits per heavy atom. The second-order valence-corrected chi connectivity index (χ2v) is 6.01. The Labute approximate surface area is 136 Å². The minimum atomic E-state index is 0.239. The molecule has 2 aliphatic heterocycles. The second kappa shape index (κ2) is 5.90. The molecular formula is C19H19ClN2.